The Morgan fingerprint density at radius 1 is 0.960 bits per heavy atom. The normalized spacial score (nSPS) is 11.1. The molecule has 25 heavy (non-hydrogen) atoms. The van der Waals surface area contributed by atoms with Crippen LogP contribution in [0.25, 0.3) is 21.8 Å². The number of hydroxylamine groups is 1. The summed E-state index contributed by atoms with van der Waals surface area (Å²) in [6.45, 7) is 0.348. The number of halogens is 1. The maximum atomic E-state index is 14.5. The van der Waals surface area contributed by atoms with Crippen molar-refractivity contribution in [3.05, 3.63) is 83.7 Å². The lowest BCUT2D eigenvalue weighted by Gasteiger charge is -2.10. The molecule has 4 rings (SSSR count). The van der Waals surface area contributed by atoms with E-state index < -0.39 is 11.7 Å². The van der Waals surface area contributed by atoms with Crippen LogP contribution in [0.15, 0.2) is 66.7 Å². The molecule has 1 amide bonds. The predicted octanol–water partition coefficient (Wildman–Crippen LogP) is 4.10. The number of nitrogens with zero attached hydrogens (tertiary/aromatic N) is 1. The highest BCUT2D eigenvalue weighted by Gasteiger charge is 2.13. The Hall–Kier alpha value is -3.18. The van der Waals surface area contributed by atoms with Crippen molar-refractivity contribution < 1.29 is 14.4 Å². The van der Waals surface area contributed by atoms with Gasteiger partial charge in [0.15, 0.2) is 0 Å². The number of carbonyl (C=O) groups is 1. The summed E-state index contributed by atoms with van der Waals surface area (Å²) < 4.78 is 16.5. The summed E-state index contributed by atoms with van der Waals surface area (Å²) in [6.07, 6.45) is 0. The largest absolute Gasteiger partial charge is 0.336 e. The highest BCUT2D eigenvalue weighted by Crippen LogP contribution is 2.29. The van der Waals surface area contributed by atoms with Crippen molar-refractivity contribution in [2.45, 2.75) is 6.54 Å². The van der Waals surface area contributed by atoms with Crippen molar-refractivity contribution in [2.24, 2.45) is 0 Å². The van der Waals surface area contributed by atoms with Crippen molar-refractivity contribution in [2.75, 3.05) is 0 Å². The number of nitrogens with one attached hydrogen (secondary N) is 1. The molecule has 0 spiro atoms. The van der Waals surface area contributed by atoms with Crippen molar-refractivity contribution in [3.63, 3.8) is 0 Å². The number of rotatable bonds is 3. The van der Waals surface area contributed by atoms with Crippen LogP contribution < -0.4 is 5.48 Å². The first-order valence-electron chi connectivity index (χ1n) is 7.88. The topological polar surface area (TPSA) is 54.3 Å². The Bertz CT molecular complexity index is 1050. The van der Waals surface area contributed by atoms with Gasteiger partial charge in [0.1, 0.15) is 5.82 Å². The van der Waals surface area contributed by atoms with Gasteiger partial charge in [-0.3, -0.25) is 10.0 Å². The van der Waals surface area contributed by atoms with E-state index in [1.54, 1.807) is 6.07 Å². The van der Waals surface area contributed by atoms with E-state index in [9.17, 15) is 9.18 Å². The van der Waals surface area contributed by atoms with Crippen LogP contribution in [-0.4, -0.2) is 15.7 Å². The smallest absolute Gasteiger partial charge is 0.274 e. The fraction of sp³-hybridized carbons (Fsp3) is 0.0500. The van der Waals surface area contributed by atoms with Crippen LogP contribution >= 0.6 is 0 Å². The molecule has 5 heteroatoms. The molecule has 0 unspecified atom stereocenters. The first kappa shape index (κ1) is 15.4. The van der Waals surface area contributed by atoms with E-state index in [1.165, 1.54) is 11.5 Å². The van der Waals surface area contributed by atoms with Crippen LogP contribution in [0.4, 0.5) is 4.39 Å². The molecule has 0 atom stereocenters. The average molecular weight is 334 g/mol. The number of amides is 1. The number of fused-ring (bicyclic) bond motifs is 3. The Kier molecular flexibility index (Phi) is 3.71. The zero-order valence-corrected chi connectivity index (χ0v) is 13.2. The molecule has 4 aromatic rings. The van der Waals surface area contributed by atoms with Gasteiger partial charge >= 0.3 is 0 Å². The first-order chi connectivity index (χ1) is 12.2. The SMILES string of the molecule is O=C(NO)c1ccc(Cn2c3ccccc3c3ccccc32)c(F)c1. The number of benzene rings is 3. The molecule has 0 aliphatic rings. The summed E-state index contributed by atoms with van der Waals surface area (Å²) in [5.41, 5.74) is 4.12. The molecule has 0 aliphatic heterocycles. The Balaban J connectivity index is 1.84. The van der Waals surface area contributed by atoms with Crippen molar-refractivity contribution >= 4 is 27.7 Å². The number of hydrogen-bond acceptors (Lipinski definition) is 2. The van der Waals surface area contributed by atoms with Gasteiger partial charge in [0.25, 0.3) is 5.91 Å². The summed E-state index contributed by atoms with van der Waals surface area (Å²) in [7, 11) is 0. The van der Waals surface area contributed by atoms with E-state index in [4.69, 9.17) is 5.21 Å². The minimum absolute atomic E-state index is 0.0750. The van der Waals surface area contributed by atoms with Crippen LogP contribution in [-0.2, 0) is 6.54 Å². The molecule has 0 saturated heterocycles. The van der Waals surface area contributed by atoms with E-state index >= 15 is 0 Å². The summed E-state index contributed by atoms with van der Waals surface area (Å²) in [5.74, 6) is -1.22. The first-order valence-corrected chi connectivity index (χ1v) is 7.88. The molecule has 1 heterocycles. The standard InChI is InChI=1S/C20H15FN2O2/c21-17-11-13(20(24)22-25)9-10-14(17)12-23-18-7-3-1-5-15(18)16-6-2-4-8-19(16)23/h1-11,25H,12H2,(H,22,24). The monoisotopic (exact) mass is 334 g/mol. The van der Waals surface area contributed by atoms with E-state index in [1.807, 2.05) is 36.4 Å². The van der Waals surface area contributed by atoms with E-state index in [-0.39, 0.29) is 5.56 Å². The molecular formula is C20H15FN2O2. The minimum atomic E-state index is -0.734. The highest BCUT2D eigenvalue weighted by molar-refractivity contribution is 6.08. The van der Waals surface area contributed by atoms with Gasteiger partial charge in [0.2, 0.25) is 0 Å². The Morgan fingerprint density at radius 2 is 1.56 bits per heavy atom. The lowest BCUT2D eigenvalue weighted by molar-refractivity contribution is 0.0706. The third-order valence-corrected chi connectivity index (χ3v) is 4.43. The van der Waals surface area contributed by atoms with Gasteiger partial charge in [-0.25, -0.2) is 9.87 Å². The van der Waals surface area contributed by atoms with E-state index in [0.717, 1.165) is 27.9 Å². The van der Waals surface area contributed by atoms with Crippen molar-refractivity contribution in [3.8, 4) is 0 Å². The lowest BCUT2D eigenvalue weighted by Crippen LogP contribution is -2.19. The van der Waals surface area contributed by atoms with Gasteiger partial charge in [-0.15, -0.1) is 0 Å². The molecule has 0 radical (unpaired) electrons. The number of para-hydroxylation sites is 2. The zero-order valence-electron chi connectivity index (χ0n) is 13.2. The highest BCUT2D eigenvalue weighted by atomic mass is 19.1. The molecule has 0 fully saturated rings. The van der Waals surface area contributed by atoms with Gasteiger partial charge in [0.05, 0.1) is 6.54 Å². The second-order valence-corrected chi connectivity index (χ2v) is 5.87. The molecule has 124 valence electrons. The van der Waals surface area contributed by atoms with Crippen LogP contribution in [0.3, 0.4) is 0 Å². The summed E-state index contributed by atoms with van der Waals surface area (Å²) >= 11 is 0. The van der Waals surface area contributed by atoms with Crippen molar-refractivity contribution in [1.82, 2.24) is 10.0 Å². The summed E-state index contributed by atoms with van der Waals surface area (Å²) in [5, 5.41) is 10.9. The zero-order chi connectivity index (χ0) is 17.4. The van der Waals surface area contributed by atoms with E-state index in [2.05, 4.69) is 16.7 Å². The molecule has 4 nitrogen and oxygen atoms in total. The average Bonchev–Trinajstić information content (AvgIpc) is 2.97. The fourth-order valence-corrected chi connectivity index (χ4v) is 3.23. The molecule has 0 bridgehead atoms. The molecule has 3 aromatic carbocycles. The lowest BCUT2D eigenvalue weighted by atomic mass is 10.1. The Morgan fingerprint density at radius 3 is 2.12 bits per heavy atom. The quantitative estimate of drug-likeness (QED) is 0.438. The second-order valence-electron chi connectivity index (χ2n) is 5.87. The van der Waals surface area contributed by atoms with Gasteiger partial charge in [-0.05, 0) is 24.3 Å². The van der Waals surface area contributed by atoms with Crippen molar-refractivity contribution in [1.29, 1.82) is 0 Å². The molecule has 0 saturated carbocycles. The number of carbonyl (C=O) groups excluding carboxylic acids is 1. The fourth-order valence-electron chi connectivity index (χ4n) is 3.23. The maximum Gasteiger partial charge on any atom is 0.274 e. The minimum Gasteiger partial charge on any atom is -0.336 e. The van der Waals surface area contributed by atoms with Gasteiger partial charge in [-0.2, -0.15) is 0 Å². The predicted molar refractivity (Wildman–Crippen MR) is 94.2 cm³/mol. The number of hydrogen-bond donors (Lipinski definition) is 2. The maximum absolute atomic E-state index is 14.5. The van der Waals surface area contributed by atoms with Crippen LogP contribution in [0, 0.1) is 5.82 Å². The Labute approximate surface area is 143 Å². The third-order valence-electron chi connectivity index (χ3n) is 4.43. The molecule has 0 aliphatic carbocycles. The van der Waals surface area contributed by atoms with Gasteiger partial charge in [0, 0.05) is 32.9 Å². The third kappa shape index (κ3) is 2.55. The molecular weight excluding hydrogens is 319 g/mol. The number of aromatic nitrogens is 1. The van der Waals surface area contributed by atoms with Crippen LogP contribution in [0.2, 0.25) is 0 Å². The summed E-state index contributed by atoms with van der Waals surface area (Å²) in [6, 6.07) is 20.2. The molecule has 2 N–H and O–H groups in total. The van der Waals surface area contributed by atoms with Gasteiger partial charge < -0.3 is 4.57 Å². The van der Waals surface area contributed by atoms with Gasteiger partial charge in [-0.1, -0.05) is 42.5 Å². The van der Waals surface area contributed by atoms with Crippen LogP contribution in [0.1, 0.15) is 15.9 Å². The second kappa shape index (κ2) is 6.03. The molecule has 1 aromatic heterocycles. The van der Waals surface area contributed by atoms with Crippen LogP contribution in [0.5, 0.6) is 0 Å². The summed E-state index contributed by atoms with van der Waals surface area (Å²) in [4.78, 5) is 11.4. The van der Waals surface area contributed by atoms with E-state index in [0.29, 0.717) is 12.1 Å².